The molecule has 0 spiro atoms. The molecule has 0 aromatic rings. The second-order valence-electron chi connectivity index (χ2n) is 5.21. The lowest BCUT2D eigenvalue weighted by Crippen LogP contribution is -2.34. The van der Waals surface area contributed by atoms with Crippen LogP contribution in [0.1, 0.15) is 41.5 Å². The maximum atomic E-state index is 10.4. The highest BCUT2D eigenvalue weighted by molar-refractivity contribution is 8.14. The van der Waals surface area contributed by atoms with Crippen molar-refractivity contribution in [2.75, 3.05) is 0 Å². The van der Waals surface area contributed by atoms with Crippen molar-refractivity contribution in [1.29, 1.82) is 0 Å². The minimum Gasteiger partial charge on any atom is -0.228 e. The molecule has 0 aliphatic heterocycles. The van der Waals surface area contributed by atoms with Crippen LogP contribution in [0.15, 0.2) is 0 Å². The van der Waals surface area contributed by atoms with Gasteiger partial charge in [-0.15, -0.1) is 0 Å². The monoisotopic (exact) mass is 293 g/mol. The van der Waals surface area contributed by atoms with E-state index in [2.05, 4.69) is 0 Å². The summed E-state index contributed by atoms with van der Waals surface area (Å²) in [6.07, 6.45) is 0. The average Bonchev–Trinajstić information content (AvgIpc) is 1.77. The molecule has 0 aromatic carbocycles. The molecule has 0 aliphatic carbocycles. The van der Waals surface area contributed by atoms with Crippen molar-refractivity contribution in [3.8, 4) is 0 Å². The van der Waals surface area contributed by atoms with Crippen LogP contribution in [0.25, 0.3) is 0 Å². The summed E-state index contributed by atoms with van der Waals surface area (Å²) in [6.45, 7) is 9.33. The Labute approximate surface area is 103 Å². The molecular weight excluding hydrogens is 274 g/mol. The Balaban J connectivity index is 0. The van der Waals surface area contributed by atoms with E-state index in [1.54, 1.807) is 41.5 Å². The van der Waals surface area contributed by atoms with Gasteiger partial charge in [-0.3, -0.25) is 0 Å². The quantitative estimate of drug-likeness (QED) is 0.684. The number of nitrogens with two attached hydrogens (primary N) is 1. The predicted molar refractivity (Wildman–Crippen MR) is 67.4 cm³/mol. The number of sulfonamides is 1. The summed E-state index contributed by atoms with van der Waals surface area (Å²) >= 11 is 0. The third kappa shape index (κ3) is 7.43. The second-order valence-corrected chi connectivity index (χ2v) is 10.8. The van der Waals surface area contributed by atoms with Gasteiger partial charge in [0.25, 0.3) is 0 Å². The Kier molecular flexibility index (Phi) is 6.02. The van der Waals surface area contributed by atoms with Gasteiger partial charge in [0.1, 0.15) is 0 Å². The van der Waals surface area contributed by atoms with Crippen molar-refractivity contribution in [2.45, 2.75) is 51.0 Å². The first kappa shape index (κ1) is 18.5. The van der Waals surface area contributed by atoms with Crippen molar-refractivity contribution in [1.82, 2.24) is 0 Å². The number of rotatable bonds is 0. The fraction of sp³-hybridized carbons (Fsp3) is 1.00. The zero-order chi connectivity index (χ0) is 14.0. The fourth-order valence-corrected chi connectivity index (χ4v) is 0. The van der Waals surface area contributed by atoms with Crippen LogP contribution in [0.3, 0.4) is 0 Å². The predicted octanol–water partition coefficient (Wildman–Crippen LogP) is 1.43. The zero-order valence-corrected chi connectivity index (χ0v) is 12.8. The molecule has 8 heteroatoms. The Bertz CT molecular complexity index is 370. The van der Waals surface area contributed by atoms with E-state index in [0.717, 1.165) is 0 Å². The van der Waals surface area contributed by atoms with E-state index in [0.29, 0.717) is 0 Å². The summed E-state index contributed by atoms with van der Waals surface area (Å²) in [4.78, 5) is 0. The zero-order valence-electron chi connectivity index (χ0n) is 10.4. The lowest BCUT2D eigenvalue weighted by molar-refractivity contribution is 0.562. The van der Waals surface area contributed by atoms with Crippen LogP contribution in [0.5, 0.6) is 0 Å². The number of hydrogen-bond donors (Lipinski definition) is 1. The molecular formula is C8H20ClNO4S2. The van der Waals surface area contributed by atoms with Crippen LogP contribution >= 0.6 is 10.7 Å². The average molecular weight is 294 g/mol. The molecule has 0 unspecified atom stereocenters. The summed E-state index contributed by atoms with van der Waals surface area (Å²) in [5.41, 5.74) is 0. The molecule has 5 nitrogen and oxygen atoms in total. The number of halogens is 1. The molecule has 0 radical (unpaired) electrons. The van der Waals surface area contributed by atoms with Crippen LogP contribution in [0.4, 0.5) is 0 Å². The van der Waals surface area contributed by atoms with Gasteiger partial charge in [-0.05, 0) is 41.5 Å². The van der Waals surface area contributed by atoms with Crippen molar-refractivity contribution >= 4 is 29.8 Å². The van der Waals surface area contributed by atoms with Crippen LogP contribution < -0.4 is 5.14 Å². The van der Waals surface area contributed by atoms with Gasteiger partial charge in [-0.2, -0.15) is 0 Å². The Morgan fingerprint density at radius 3 is 0.938 bits per heavy atom. The van der Waals surface area contributed by atoms with E-state index in [1.807, 2.05) is 0 Å². The molecule has 0 aromatic heterocycles. The molecule has 0 saturated carbocycles. The molecule has 0 rings (SSSR count). The molecule has 0 atom stereocenters. The van der Waals surface area contributed by atoms with Gasteiger partial charge in [0.05, 0.1) is 9.49 Å². The highest BCUT2D eigenvalue weighted by Crippen LogP contribution is 2.18. The summed E-state index contributed by atoms with van der Waals surface area (Å²) in [5, 5.41) is 4.78. The summed E-state index contributed by atoms with van der Waals surface area (Å²) < 4.78 is 40.1. The molecule has 0 amide bonds. The van der Waals surface area contributed by atoms with E-state index < -0.39 is 28.6 Å². The van der Waals surface area contributed by atoms with Gasteiger partial charge in [0.2, 0.25) is 19.1 Å². The lowest BCUT2D eigenvalue weighted by Gasteiger charge is -2.13. The van der Waals surface area contributed by atoms with Gasteiger partial charge >= 0.3 is 0 Å². The van der Waals surface area contributed by atoms with Gasteiger partial charge in [0, 0.05) is 10.7 Å². The molecule has 0 saturated heterocycles. The van der Waals surface area contributed by atoms with Gasteiger partial charge in [-0.1, -0.05) is 0 Å². The highest BCUT2D eigenvalue weighted by atomic mass is 35.7. The van der Waals surface area contributed by atoms with Crippen molar-refractivity contribution in [3.63, 3.8) is 0 Å². The summed E-state index contributed by atoms with van der Waals surface area (Å²) in [5.74, 6) is 0. The Morgan fingerprint density at radius 2 is 0.938 bits per heavy atom. The van der Waals surface area contributed by atoms with Crippen molar-refractivity contribution in [3.05, 3.63) is 0 Å². The maximum Gasteiger partial charge on any atom is 0.237 e. The van der Waals surface area contributed by atoms with E-state index in [-0.39, 0.29) is 0 Å². The fourth-order valence-electron chi connectivity index (χ4n) is 0. The van der Waals surface area contributed by atoms with Crippen molar-refractivity contribution < 1.29 is 16.8 Å². The molecule has 0 aliphatic rings. The van der Waals surface area contributed by atoms with E-state index in [1.165, 1.54) is 0 Å². The van der Waals surface area contributed by atoms with Crippen LogP contribution in [-0.4, -0.2) is 26.3 Å². The molecule has 0 fully saturated rings. The third-order valence-corrected chi connectivity index (χ3v) is 6.14. The number of hydrogen-bond acceptors (Lipinski definition) is 4. The second kappa shape index (κ2) is 5.20. The first-order chi connectivity index (χ1) is 6.50. The van der Waals surface area contributed by atoms with Gasteiger partial charge in [-0.25, -0.2) is 22.0 Å². The maximum absolute atomic E-state index is 10.4. The Hall–Kier alpha value is 0.150. The molecule has 0 bridgehead atoms. The molecule has 2 N–H and O–H groups in total. The largest absolute Gasteiger partial charge is 0.237 e. The lowest BCUT2D eigenvalue weighted by atomic mass is 10.3. The van der Waals surface area contributed by atoms with Crippen LogP contribution in [0.2, 0.25) is 0 Å². The van der Waals surface area contributed by atoms with E-state index in [9.17, 15) is 16.8 Å². The highest BCUT2D eigenvalue weighted by Gasteiger charge is 2.25. The SMILES string of the molecule is CC(C)(C)S(=O)(=O)Cl.CC(C)(C)S(N)(=O)=O. The minimum atomic E-state index is -3.37. The molecule has 100 valence electrons. The smallest absolute Gasteiger partial charge is 0.228 e. The Morgan fingerprint density at radius 1 is 0.812 bits per heavy atom. The first-order valence-electron chi connectivity index (χ1n) is 4.46. The first-order valence-corrected chi connectivity index (χ1v) is 8.32. The van der Waals surface area contributed by atoms with Gasteiger partial charge in [0.15, 0.2) is 0 Å². The number of primary sulfonamides is 1. The van der Waals surface area contributed by atoms with Gasteiger partial charge < -0.3 is 0 Å². The van der Waals surface area contributed by atoms with Crippen molar-refractivity contribution in [2.24, 2.45) is 5.14 Å². The molecule has 16 heavy (non-hydrogen) atoms. The normalized spacial score (nSPS) is 14.0. The minimum absolute atomic E-state index is 0.812. The summed E-state index contributed by atoms with van der Waals surface area (Å²) in [6, 6.07) is 0. The standard InChI is InChI=1S/C4H9ClO2S.C4H11NO2S/c2*1-4(2,3)8(5,6)7/h1-3H3;1-3H3,(H2,5,6,7). The van der Waals surface area contributed by atoms with Crippen LogP contribution in [-0.2, 0) is 19.1 Å². The van der Waals surface area contributed by atoms with E-state index >= 15 is 0 Å². The summed E-state index contributed by atoms with van der Waals surface area (Å²) in [7, 11) is -1.73. The topological polar surface area (TPSA) is 94.3 Å². The van der Waals surface area contributed by atoms with Crippen LogP contribution in [0, 0.1) is 0 Å². The third-order valence-electron chi connectivity index (χ3n) is 1.59. The molecule has 0 heterocycles. The van der Waals surface area contributed by atoms with E-state index in [4.69, 9.17) is 15.8 Å².